The Balaban J connectivity index is 1.99. The van der Waals surface area contributed by atoms with Crippen molar-refractivity contribution < 1.29 is 19.4 Å². The molecule has 0 bridgehead atoms. The van der Waals surface area contributed by atoms with Gasteiger partial charge in [-0.25, -0.2) is 4.79 Å². The summed E-state index contributed by atoms with van der Waals surface area (Å²) < 4.78 is 5.26. The second kappa shape index (κ2) is 7.36. The van der Waals surface area contributed by atoms with Crippen LogP contribution in [0, 0.1) is 0 Å². The lowest BCUT2D eigenvalue weighted by Crippen LogP contribution is -2.50. The Labute approximate surface area is 128 Å². The fourth-order valence-corrected chi connectivity index (χ4v) is 3.44. The summed E-state index contributed by atoms with van der Waals surface area (Å²) in [5.74, 6) is 0.996. The second-order valence-electron chi connectivity index (χ2n) is 4.83. The van der Waals surface area contributed by atoms with Gasteiger partial charge in [-0.1, -0.05) is 18.2 Å². The molecule has 1 fully saturated rings. The molecule has 0 aromatic heterocycles. The zero-order valence-corrected chi connectivity index (χ0v) is 12.8. The quantitative estimate of drug-likeness (QED) is 0.896. The molecular weight excluding hydrogens is 290 g/mol. The summed E-state index contributed by atoms with van der Waals surface area (Å²) in [4.78, 5) is 25.0. The minimum atomic E-state index is -0.923. The van der Waals surface area contributed by atoms with Crippen molar-refractivity contribution in [3.63, 3.8) is 0 Å². The zero-order valence-electron chi connectivity index (χ0n) is 11.9. The van der Waals surface area contributed by atoms with Crippen molar-refractivity contribution >= 4 is 23.6 Å². The number of nitrogens with zero attached hydrogens (tertiary/aromatic N) is 1. The highest BCUT2D eigenvalue weighted by molar-refractivity contribution is 7.99. The summed E-state index contributed by atoms with van der Waals surface area (Å²) in [6, 6.07) is 6.87. The van der Waals surface area contributed by atoms with Crippen LogP contribution in [0.5, 0.6) is 5.75 Å². The number of thioether (sulfide) groups is 1. The van der Waals surface area contributed by atoms with Crippen molar-refractivity contribution in [2.75, 3.05) is 25.2 Å². The van der Waals surface area contributed by atoms with Crippen molar-refractivity contribution in [2.45, 2.75) is 18.9 Å². The van der Waals surface area contributed by atoms with Crippen LogP contribution in [0.4, 0.5) is 0 Å². The lowest BCUT2D eigenvalue weighted by molar-refractivity contribution is -0.149. The SMILES string of the molecule is COc1ccccc1CCC(=O)N1CCSCC1C(=O)O. The number of ether oxygens (including phenoxy) is 1. The summed E-state index contributed by atoms with van der Waals surface area (Å²) >= 11 is 1.58. The Morgan fingerprint density at radius 2 is 2.19 bits per heavy atom. The third-order valence-corrected chi connectivity index (χ3v) is 4.56. The summed E-state index contributed by atoms with van der Waals surface area (Å²) in [7, 11) is 1.60. The molecule has 21 heavy (non-hydrogen) atoms. The molecule has 114 valence electrons. The maximum Gasteiger partial charge on any atom is 0.327 e. The van der Waals surface area contributed by atoms with E-state index in [-0.39, 0.29) is 5.91 Å². The van der Waals surface area contributed by atoms with Gasteiger partial charge in [0.15, 0.2) is 0 Å². The fraction of sp³-hybridized carbons (Fsp3) is 0.467. The highest BCUT2D eigenvalue weighted by Gasteiger charge is 2.31. The molecule has 0 radical (unpaired) electrons. The monoisotopic (exact) mass is 309 g/mol. The molecule has 1 atom stereocenters. The number of rotatable bonds is 5. The molecule has 0 spiro atoms. The van der Waals surface area contributed by atoms with Gasteiger partial charge >= 0.3 is 5.97 Å². The highest BCUT2D eigenvalue weighted by Crippen LogP contribution is 2.21. The van der Waals surface area contributed by atoms with E-state index in [0.717, 1.165) is 17.1 Å². The number of carbonyl (C=O) groups excluding carboxylic acids is 1. The van der Waals surface area contributed by atoms with Gasteiger partial charge in [-0.05, 0) is 18.1 Å². The molecule has 5 nitrogen and oxygen atoms in total. The number of para-hydroxylation sites is 1. The Bertz CT molecular complexity index is 520. The van der Waals surface area contributed by atoms with E-state index in [1.807, 2.05) is 24.3 Å². The minimum absolute atomic E-state index is 0.103. The molecule has 1 N–H and O–H groups in total. The Morgan fingerprint density at radius 1 is 1.43 bits per heavy atom. The van der Waals surface area contributed by atoms with E-state index in [1.165, 1.54) is 4.90 Å². The molecule has 1 aromatic carbocycles. The third kappa shape index (κ3) is 3.91. The number of amides is 1. The number of carboxylic acid groups (broad SMARTS) is 1. The average molecular weight is 309 g/mol. The number of hydrogen-bond donors (Lipinski definition) is 1. The molecule has 1 aliphatic rings. The summed E-state index contributed by atoms with van der Waals surface area (Å²) in [5.41, 5.74) is 0.964. The molecule has 1 aliphatic heterocycles. The van der Waals surface area contributed by atoms with Crippen LogP contribution in [-0.4, -0.2) is 53.1 Å². The number of benzene rings is 1. The van der Waals surface area contributed by atoms with Crippen molar-refractivity contribution in [2.24, 2.45) is 0 Å². The molecule has 0 saturated carbocycles. The van der Waals surface area contributed by atoms with Crippen LogP contribution in [0.1, 0.15) is 12.0 Å². The first kappa shape index (κ1) is 15.7. The van der Waals surface area contributed by atoms with Gasteiger partial charge in [-0.2, -0.15) is 11.8 Å². The van der Waals surface area contributed by atoms with Crippen LogP contribution < -0.4 is 4.74 Å². The second-order valence-corrected chi connectivity index (χ2v) is 5.98. The van der Waals surface area contributed by atoms with Crippen LogP contribution in [-0.2, 0) is 16.0 Å². The Hall–Kier alpha value is -1.69. The van der Waals surface area contributed by atoms with Gasteiger partial charge in [0.05, 0.1) is 7.11 Å². The largest absolute Gasteiger partial charge is 0.496 e. The van der Waals surface area contributed by atoms with Gasteiger partial charge in [-0.15, -0.1) is 0 Å². The smallest absolute Gasteiger partial charge is 0.327 e. The molecule has 0 aliphatic carbocycles. The van der Waals surface area contributed by atoms with E-state index in [0.29, 0.717) is 25.1 Å². The van der Waals surface area contributed by atoms with Crippen LogP contribution in [0.25, 0.3) is 0 Å². The predicted octanol–water partition coefficient (Wildman–Crippen LogP) is 1.66. The highest BCUT2D eigenvalue weighted by atomic mass is 32.2. The van der Waals surface area contributed by atoms with E-state index in [2.05, 4.69) is 0 Å². The normalized spacial score (nSPS) is 18.3. The first-order chi connectivity index (χ1) is 10.1. The van der Waals surface area contributed by atoms with Gasteiger partial charge in [0.1, 0.15) is 11.8 Å². The van der Waals surface area contributed by atoms with Crippen LogP contribution in [0.2, 0.25) is 0 Å². The van der Waals surface area contributed by atoms with Gasteiger partial charge < -0.3 is 14.7 Å². The van der Waals surface area contributed by atoms with Gasteiger partial charge in [-0.3, -0.25) is 4.79 Å². The van der Waals surface area contributed by atoms with Crippen molar-refractivity contribution in [1.29, 1.82) is 0 Å². The average Bonchev–Trinajstić information content (AvgIpc) is 2.52. The zero-order chi connectivity index (χ0) is 15.2. The van der Waals surface area contributed by atoms with Gasteiger partial charge in [0.2, 0.25) is 5.91 Å². The molecular formula is C15H19NO4S. The number of aryl methyl sites for hydroxylation is 1. The van der Waals surface area contributed by atoms with Gasteiger partial charge in [0, 0.05) is 24.5 Å². The molecule has 2 rings (SSSR count). The van der Waals surface area contributed by atoms with Crippen molar-refractivity contribution in [3.05, 3.63) is 29.8 Å². The summed E-state index contributed by atoms with van der Waals surface area (Å²) in [6.45, 7) is 0.506. The third-order valence-electron chi connectivity index (χ3n) is 3.53. The van der Waals surface area contributed by atoms with Crippen LogP contribution in [0.3, 0.4) is 0 Å². The fourth-order valence-electron chi connectivity index (χ4n) is 2.40. The Kier molecular flexibility index (Phi) is 5.50. The molecule has 1 amide bonds. The summed E-state index contributed by atoms with van der Waals surface area (Å²) in [5, 5.41) is 9.20. The first-order valence-electron chi connectivity index (χ1n) is 6.85. The molecule has 6 heteroatoms. The molecule has 1 heterocycles. The van der Waals surface area contributed by atoms with Crippen molar-refractivity contribution in [1.82, 2.24) is 4.90 Å². The number of hydrogen-bond acceptors (Lipinski definition) is 4. The topological polar surface area (TPSA) is 66.8 Å². The number of carboxylic acids is 1. The summed E-state index contributed by atoms with van der Waals surface area (Å²) in [6.07, 6.45) is 0.855. The van der Waals surface area contributed by atoms with E-state index in [4.69, 9.17) is 4.74 Å². The van der Waals surface area contributed by atoms with E-state index >= 15 is 0 Å². The lowest BCUT2D eigenvalue weighted by Gasteiger charge is -2.32. The minimum Gasteiger partial charge on any atom is -0.496 e. The van der Waals surface area contributed by atoms with Crippen LogP contribution >= 0.6 is 11.8 Å². The number of methoxy groups -OCH3 is 1. The standard InChI is InChI=1S/C15H19NO4S/c1-20-13-5-3-2-4-11(13)6-7-14(17)16-8-9-21-10-12(16)15(18)19/h2-5,12H,6-10H2,1H3,(H,18,19). The maximum atomic E-state index is 12.3. The maximum absolute atomic E-state index is 12.3. The molecule has 1 aromatic rings. The number of carbonyl (C=O) groups is 2. The van der Waals surface area contributed by atoms with Crippen LogP contribution in [0.15, 0.2) is 24.3 Å². The predicted molar refractivity (Wildman–Crippen MR) is 81.8 cm³/mol. The number of aliphatic carboxylic acids is 1. The first-order valence-corrected chi connectivity index (χ1v) is 8.01. The molecule has 1 unspecified atom stereocenters. The van der Waals surface area contributed by atoms with Gasteiger partial charge in [0.25, 0.3) is 0 Å². The molecule has 1 saturated heterocycles. The van der Waals surface area contributed by atoms with E-state index in [1.54, 1.807) is 18.9 Å². The lowest BCUT2D eigenvalue weighted by atomic mass is 10.1. The van der Waals surface area contributed by atoms with E-state index < -0.39 is 12.0 Å². The van der Waals surface area contributed by atoms with E-state index in [9.17, 15) is 14.7 Å². The van der Waals surface area contributed by atoms with Crippen molar-refractivity contribution in [3.8, 4) is 5.75 Å². The Morgan fingerprint density at radius 3 is 2.90 bits per heavy atom.